The lowest BCUT2D eigenvalue weighted by molar-refractivity contribution is -0.144. The molecule has 0 unspecified atom stereocenters. The molecule has 0 radical (unpaired) electrons. The number of hydrogen-bond donors (Lipinski definition) is 2. The second-order valence-electron chi connectivity index (χ2n) is 6.32. The van der Waals surface area contributed by atoms with Gasteiger partial charge in [-0.3, -0.25) is 4.99 Å². The smallest absolute Gasteiger partial charge is 0.191 e. The molecule has 0 atom stereocenters. The minimum atomic E-state index is -0.500. The van der Waals surface area contributed by atoms with Crippen molar-refractivity contribution in [3.8, 4) is 0 Å². The lowest BCUT2D eigenvalue weighted by atomic mass is 10.2. The number of thiophene rings is 1. The highest BCUT2D eigenvalue weighted by atomic mass is 127. The van der Waals surface area contributed by atoms with Gasteiger partial charge in [-0.05, 0) is 36.9 Å². The zero-order valence-electron chi connectivity index (χ0n) is 15.6. The Hall–Kier alpha value is -1.10. The van der Waals surface area contributed by atoms with Gasteiger partial charge in [-0.1, -0.05) is 6.07 Å². The SMILES string of the molecule is CC1(CCN=C(NCCc2ccco2)NCCc2cccs2)OCCO1.I. The van der Waals surface area contributed by atoms with Crippen LogP contribution in [-0.2, 0) is 22.3 Å². The molecule has 1 fully saturated rings. The summed E-state index contributed by atoms with van der Waals surface area (Å²) in [5.41, 5.74) is 0. The van der Waals surface area contributed by atoms with Gasteiger partial charge in [0.25, 0.3) is 0 Å². The Balaban J connectivity index is 0.00000261. The van der Waals surface area contributed by atoms with Crippen LogP contribution in [0.3, 0.4) is 0 Å². The lowest BCUT2D eigenvalue weighted by Crippen LogP contribution is -2.39. The Kier molecular flexibility index (Phi) is 9.60. The van der Waals surface area contributed by atoms with Crippen LogP contribution in [0.2, 0.25) is 0 Å². The average Bonchev–Trinajstić information content (AvgIpc) is 3.37. The van der Waals surface area contributed by atoms with Gasteiger partial charge in [0.15, 0.2) is 11.7 Å². The van der Waals surface area contributed by atoms with Crippen LogP contribution in [0.1, 0.15) is 24.0 Å². The maximum absolute atomic E-state index is 5.64. The predicted molar refractivity (Wildman–Crippen MR) is 119 cm³/mol. The Morgan fingerprint density at radius 3 is 2.59 bits per heavy atom. The molecule has 1 aliphatic heterocycles. The van der Waals surface area contributed by atoms with E-state index in [1.165, 1.54) is 4.88 Å². The fourth-order valence-corrected chi connectivity index (χ4v) is 3.47. The van der Waals surface area contributed by atoms with E-state index in [9.17, 15) is 0 Å². The summed E-state index contributed by atoms with van der Waals surface area (Å²) in [6, 6.07) is 8.13. The first-order chi connectivity index (χ1) is 12.7. The zero-order valence-corrected chi connectivity index (χ0v) is 18.8. The van der Waals surface area contributed by atoms with E-state index in [2.05, 4.69) is 33.1 Å². The van der Waals surface area contributed by atoms with Crippen molar-refractivity contribution in [2.24, 2.45) is 4.99 Å². The molecular weight excluding hydrogens is 477 g/mol. The Labute approximate surface area is 181 Å². The number of hydrogen-bond acceptors (Lipinski definition) is 5. The number of aliphatic imine (C=N–C) groups is 1. The van der Waals surface area contributed by atoms with Gasteiger partial charge in [0.05, 0.1) is 19.5 Å². The van der Waals surface area contributed by atoms with Gasteiger partial charge in [0.1, 0.15) is 5.76 Å². The second-order valence-corrected chi connectivity index (χ2v) is 7.36. The van der Waals surface area contributed by atoms with Crippen LogP contribution in [0.25, 0.3) is 0 Å². The van der Waals surface area contributed by atoms with E-state index in [1.54, 1.807) is 17.6 Å². The molecule has 0 amide bonds. The molecule has 2 aromatic heterocycles. The lowest BCUT2D eigenvalue weighted by Gasteiger charge is -2.21. The highest BCUT2D eigenvalue weighted by molar-refractivity contribution is 14.0. The molecule has 27 heavy (non-hydrogen) atoms. The largest absolute Gasteiger partial charge is 0.469 e. The summed E-state index contributed by atoms with van der Waals surface area (Å²) in [6.45, 7) is 5.55. The molecule has 0 bridgehead atoms. The summed E-state index contributed by atoms with van der Waals surface area (Å²) in [4.78, 5) is 6.05. The average molecular weight is 505 g/mol. The third kappa shape index (κ3) is 7.81. The quantitative estimate of drug-likeness (QED) is 0.311. The predicted octanol–water partition coefficient (Wildman–Crippen LogP) is 3.43. The summed E-state index contributed by atoms with van der Waals surface area (Å²) < 4.78 is 16.7. The van der Waals surface area contributed by atoms with Gasteiger partial charge in [-0.25, -0.2) is 0 Å². The monoisotopic (exact) mass is 505 g/mol. The van der Waals surface area contributed by atoms with Crippen molar-refractivity contribution in [3.05, 3.63) is 46.5 Å². The standard InChI is InChI=1S/C19H27N3O3S.HI/c1-19(24-13-14-25-19)8-11-22-18(20-9-6-16-4-2-12-23-16)21-10-7-17-5-3-15-26-17;/h2-5,12,15H,6-11,13-14H2,1H3,(H2,20,21,22);1H. The van der Waals surface area contributed by atoms with Crippen molar-refractivity contribution in [1.29, 1.82) is 0 Å². The summed E-state index contributed by atoms with van der Waals surface area (Å²) in [5, 5.41) is 8.89. The molecule has 0 spiro atoms. The van der Waals surface area contributed by atoms with Crippen molar-refractivity contribution in [2.75, 3.05) is 32.8 Å². The zero-order chi connectivity index (χ0) is 18.1. The minimum Gasteiger partial charge on any atom is -0.469 e. The molecule has 8 heteroatoms. The van der Waals surface area contributed by atoms with Crippen molar-refractivity contribution in [2.45, 2.75) is 32.0 Å². The van der Waals surface area contributed by atoms with Gasteiger partial charge in [0.2, 0.25) is 0 Å². The van der Waals surface area contributed by atoms with Gasteiger partial charge in [-0.15, -0.1) is 35.3 Å². The fraction of sp³-hybridized carbons (Fsp3) is 0.526. The van der Waals surface area contributed by atoms with Crippen molar-refractivity contribution in [1.82, 2.24) is 10.6 Å². The van der Waals surface area contributed by atoms with Crippen LogP contribution in [0.5, 0.6) is 0 Å². The Morgan fingerprint density at radius 1 is 1.15 bits per heavy atom. The topological polar surface area (TPSA) is 68.0 Å². The fourth-order valence-electron chi connectivity index (χ4n) is 2.76. The molecule has 0 saturated carbocycles. The van der Waals surface area contributed by atoms with Crippen LogP contribution in [0.4, 0.5) is 0 Å². The van der Waals surface area contributed by atoms with Gasteiger partial charge < -0.3 is 24.5 Å². The Bertz CT molecular complexity index is 614. The van der Waals surface area contributed by atoms with E-state index in [0.29, 0.717) is 19.8 Å². The molecule has 6 nitrogen and oxygen atoms in total. The maximum atomic E-state index is 5.64. The molecule has 1 aliphatic rings. The van der Waals surface area contributed by atoms with Gasteiger partial charge >= 0.3 is 0 Å². The second kappa shape index (κ2) is 11.7. The summed E-state index contributed by atoms with van der Waals surface area (Å²) in [6.07, 6.45) is 4.25. The van der Waals surface area contributed by atoms with Crippen molar-refractivity contribution in [3.63, 3.8) is 0 Å². The van der Waals surface area contributed by atoms with Crippen LogP contribution in [0.15, 0.2) is 45.3 Å². The third-order valence-electron chi connectivity index (χ3n) is 4.22. The number of rotatable bonds is 9. The van der Waals surface area contributed by atoms with E-state index in [4.69, 9.17) is 13.9 Å². The highest BCUT2D eigenvalue weighted by Gasteiger charge is 2.30. The van der Waals surface area contributed by atoms with Gasteiger partial charge in [-0.2, -0.15) is 0 Å². The minimum absolute atomic E-state index is 0. The van der Waals surface area contributed by atoms with Crippen molar-refractivity contribution < 1.29 is 13.9 Å². The molecule has 0 aromatic carbocycles. The Morgan fingerprint density at radius 2 is 1.93 bits per heavy atom. The van der Waals surface area contributed by atoms with E-state index < -0.39 is 5.79 Å². The number of nitrogens with zero attached hydrogens (tertiary/aromatic N) is 1. The molecule has 2 N–H and O–H groups in total. The first-order valence-electron chi connectivity index (χ1n) is 9.08. The van der Waals surface area contributed by atoms with Crippen LogP contribution < -0.4 is 10.6 Å². The number of halogens is 1. The number of ether oxygens (including phenoxy) is 2. The first kappa shape index (κ1) is 22.2. The van der Waals surface area contributed by atoms with Crippen LogP contribution in [-0.4, -0.2) is 44.6 Å². The summed E-state index contributed by atoms with van der Waals surface area (Å²) >= 11 is 1.78. The number of furan rings is 1. The van der Waals surface area contributed by atoms with E-state index in [1.807, 2.05) is 19.1 Å². The van der Waals surface area contributed by atoms with Crippen LogP contribution >= 0.6 is 35.3 Å². The summed E-state index contributed by atoms with van der Waals surface area (Å²) in [5.74, 6) is 1.28. The van der Waals surface area contributed by atoms with Crippen LogP contribution in [0, 0.1) is 0 Å². The third-order valence-corrected chi connectivity index (χ3v) is 5.16. The molecule has 150 valence electrons. The number of nitrogens with one attached hydrogen (secondary N) is 2. The molecule has 0 aliphatic carbocycles. The molecule has 1 saturated heterocycles. The molecule has 3 rings (SSSR count). The summed E-state index contributed by atoms with van der Waals surface area (Å²) in [7, 11) is 0. The van der Waals surface area contributed by atoms with Crippen molar-refractivity contribution >= 4 is 41.3 Å². The van der Waals surface area contributed by atoms with E-state index in [0.717, 1.165) is 44.1 Å². The molecule has 2 aromatic rings. The normalized spacial score (nSPS) is 16.1. The molecular formula is C19H28IN3O3S. The molecule has 3 heterocycles. The number of guanidine groups is 1. The van der Waals surface area contributed by atoms with Gasteiger partial charge in [0, 0.05) is 37.4 Å². The first-order valence-corrected chi connectivity index (χ1v) is 9.96. The van der Waals surface area contributed by atoms with E-state index >= 15 is 0 Å². The maximum Gasteiger partial charge on any atom is 0.191 e. The highest BCUT2D eigenvalue weighted by Crippen LogP contribution is 2.22. The van der Waals surface area contributed by atoms with E-state index in [-0.39, 0.29) is 24.0 Å².